The van der Waals surface area contributed by atoms with Crippen molar-refractivity contribution in [1.29, 1.82) is 0 Å². The number of amides is 4. The Hall–Kier alpha value is -2.61. The van der Waals surface area contributed by atoms with Crippen molar-refractivity contribution >= 4 is 17.8 Å². The first-order valence-corrected chi connectivity index (χ1v) is 11.5. The molecule has 3 rings (SSSR count). The molecule has 0 spiro atoms. The molecule has 2 saturated heterocycles. The molecule has 2 aliphatic rings. The van der Waals surface area contributed by atoms with E-state index < -0.39 is 6.04 Å². The lowest BCUT2D eigenvalue weighted by atomic mass is 9.73. The molecule has 2 heterocycles. The maximum atomic E-state index is 13.0. The number of hydrogen-bond donors (Lipinski definition) is 2. The van der Waals surface area contributed by atoms with Gasteiger partial charge in [-0.1, -0.05) is 26.0 Å². The summed E-state index contributed by atoms with van der Waals surface area (Å²) in [6, 6.07) is 6.76. The lowest BCUT2D eigenvalue weighted by molar-refractivity contribution is -0.129. The first kappa shape index (κ1) is 24.0. The summed E-state index contributed by atoms with van der Waals surface area (Å²) >= 11 is 0. The molecule has 2 N–H and O–H groups in total. The number of nitrogens with zero attached hydrogens (tertiary/aromatic N) is 1. The molecule has 176 valence electrons. The predicted octanol–water partition coefficient (Wildman–Crippen LogP) is 2.61. The van der Waals surface area contributed by atoms with Crippen LogP contribution in [0.25, 0.3) is 0 Å². The third-order valence-corrected chi connectivity index (χ3v) is 6.42. The fourth-order valence-electron chi connectivity index (χ4n) is 4.33. The highest BCUT2D eigenvalue weighted by Crippen LogP contribution is 2.37. The fraction of sp³-hybridized carbons (Fsp3) is 0.625. The molecular formula is C24H35N3O5. The second-order valence-electron chi connectivity index (χ2n) is 9.12. The molecule has 0 aromatic heterocycles. The summed E-state index contributed by atoms with van der Waals surface area (Å²) in [6.07, 6.45) is 2.86. The number of carbonyl (C=O) groups excluding carboxylic acids is 3. The molecular weight excluding hydrogens is 410 g/mol. The minimum Gasteiger partial charge on any atom is -0.497 e. The molecule has 0 saturated carbocycles. The summed E-state index contributed by atoms with van der Waals surface area (Å²) < 4.78 is 10.8. The number of benzene rings is 1. The van der Waals surface area contributed by atoms with Gasteiger partial charge in [0.15, 0.2) is 0 Å². The van der Waals surface area contributed by atoms with Crippen LogP contribution in [0.15, 0.2) is 24.3 Å². The molecule has 1 atom stereocenters. The Bertz CT molecular complexity index is 802. The number of hydrogen-bond acceptors (Lipinski definition) is 5. The Morgan fingerprint density at radius 3 is 2.56 bits per heavy atom. The van der Waals surface area contributed by atoms with Crippen LogP contribution in [0.3, 0.4) is 0 Å². The lowest BCUT2D eigenvalue weighted by Gasteiger charge is -2.39. The van der Waals surface area contributed by atoms with Crippen LogP contribution in [0.5, 0.6) is 5.75 Å². The summed E-state index contributed by atoms with van der Waals surface area (Å²) in [5.74, 6) is 0.926. The van der Waals surface area contributed by atoms with Crippen LogP contribution in [0, 0.1) is 5.92 Å². The van der Waals surface area contributed by atoms with E-state index in [1.807, 2.05) is 24.3 Å². The number of rotatable bonds is 10. The molecule has 0 unspecified atom stereocenters. The lowest BCUT2D eigenvalue weighted by Crippen LogP contribution is -2.47. The van der Waals surface area contributed by atoms with Gasteiger partial charge in [-0.2, -0.15) is 0 Å². The molecule has 2 fully saturated rings. The van der Waals surface area contributed by atoms with E-state index in [0.717, 1.165) is 30.6 Å². The zero-order valence-corrected chi connectivity index (χ0v) is 19.3. The van der Waals surface area contributed by atoms with Crippen molar-refractivity contribution in [2.45, 2.75) is 57.4 Å². The van der Waals surface area contributed by atoms with E-state index in [9.17, 15) is 14.4 Å². The molecule has 8 heteroatoms. The SMILES string of the molecule is COc1ccc(C2(CN3C(=O)N[C@H](CCC(=O)NCCC(C)C)C3=O)CCOCC2)cc1. The normalized spacial score (nSPS) is 20.4. The van der Waals surface area contributed by atoms with Crippen molar-refractivity contribution in [3.8, 4) is 5.75 Å². The molecule has 2 aliphatic heterocycles. The molecule has 8 nitrogen and oxygen atoms in total. The number of ether oxygens (including phenoxy) is 2. The molecule has 0 aliphatic carbocycles. The Morgan fingerprint density at radius 1 is 1.25 bits per heavy atom. The van der Waals surface area contributed by atoms with E-state index in [1.165, 1.54) is 4.90 Å². The van der Waals surface area contributed by atoms with Crippen molar-refractivity contribution in [1.82, 2.24) is 15.5 Å². The summed E-state index contributed by atoms with van der Waals surface area (Å²) in [7, 11) is 1.62. The predicted molar refractivity (Wildman–Crippen MR) is 120 cm³/mol. The van der Waals surface area contributed by atoms with Crippen LogP contribution in [-0.2, 0) is 19.7 Å². The van der Waals surface area contributed by atoms with Gasteiger partial charge < -0.3 is 20.1 Å². The van der Waals surface area contributed by atoms with Crippen LogP contribution < -0.4 is 15.4 Å². The zero-order chi connectivity index (χ0) is 23.1. The third kappa shape index (κ3) is 5.79. The standard InChI is InChI=1S/C24H35N3O5/c1-17(2)10-13-25-21(28)9-8-20-22(29)27(23(30)26-20)16-24(11-14-32-15-12-24)18-4-6-19(31-3)7-5-18/h4-7,17,20H,8-16H2,1-3H3,(H,25,28)(H,26,30)/t20-/m1/s1. The average molecular weight is 446 g/mol. The van der Waals surface area contributed by atoms with Crippen molar-refractivity contribution in [3.05, 3.63) is 29.8 Å². The largest absolute Gasteiger partial charge is 0.497 e. The molecule has 1 aromatic carbocycles. The summed E-state index contributed by atoms with van der Waals surface area (Å²) in [5, 5.41) is 5.64. The molecule has 4 amide bonds. The van der Waals surface area contributed by atoms with E-state index in [-0.39, 0.29) is 29.7 Å². The second-order valence-corrected chi connectivity index (χ2v) is 9.12. The van der Waals surface area contributed by atoms with Gasteiger partial charge in [-0.25, -0.2) is 4.79 Å². The summed E-state index contributed by atoms with van der Waals surface area (Å²) in [4.78, 5) is 39.1. The number of methoxy groups -OCH3 is 1. The van der Waals surface area contributed by atoms with E-state index in [2.05, 4.69) is 24.5 Å². The summed E-state index contributed by atoms with van der Waals surface area (Å²) in [5.41, 5.74) is 0.704. The maximum Gasteiger partial charge on any atom is 0.324 e. The minimum atomic E-state index is -0.661. The average Bonchev–Trinajstić information content (AvgIpc) is 3.05. The number of nitrogens with one attached hydrogen (secondary N) is 2. The molecule has 0 bridgehead atoms. The van der Waals surface area contributed by atoms with Crippen molar-refractivity contribution < 1.29 is 23.9 Å². The maximum absolute atomic E-state index is 13.0. The zero-order valence-electron chi connectivity index (χ0n) is 19.3. The van der Waals surface area contributed by atoms with E-state index >= 15 is 0 Å². The second kappa shape index (κ2) is 10.8. The third-order valence-electron chi connectivity index (χ3n) is 6.42. The minimum absolute atomic E-state index is 0.0923. The Kier molecular flexibility index (Phi) is 8.12. The topological polar surface area (TPSA) is 97.0 Å². The van der Waals surface area contributed by atoms with Crippen molar-refractivity contribution in [3.63, 3.8) is 0 Å². The van der Waals surface area contributed by atoms with Gasteiger partial charge in [0, 0.05) is 38.1 Å². The number of carbonyl (C=O) groups is 3. The van der Waals surface area contributed by atoms with E-state index in [0.29, 0.717) is 38.6 Å². The van der Waals surface area contributed by atoms with Crippen LogP contribution in [0.4, 0.5) is 4.79 Å². The molecule has 0 radical (unpaired) electrons. The van der Waals surface area contributed by atoms with Crippen molar-refractivity contribution in [2.24, 2.45) is 5.92 Å². The van der Waals surface area contributed by atoms with Gasteiger partial charge in [0.25, 0.3) is 5.91 Å². The molecule has 32 heavy (non-hydrogen) atoms. The Labute approximate surface area is 190 Å². The number of urea groups is 1. The van der Waals surface area contributed by atoms with Crippen molar-refractivity contribution in [2.75, 3.05) is 33.4 Å². The van der Waals surface area contributed by atoms with E-state index in [4.69, 9.17) is 9.47 Å². The van der Waals surface area contributed by atoms with E-state index in [1.54, 1.807) is 7.11 Å². The van der Waals surface area contributed by atoms with Gasteiger partial charge >= 0.3 is 6.03 Å². The number of imide groups is 1. The van der Waals surface area contributed by atoms with Crippen LogP contribution in [-0.4, -0.2) is 62.2 Å². The summed E-state index contributed by atoms with van der Waals surface area (Å²) in [6.45, 7) is 6.28. The van der Waals surface area contributed by atoms with Gasteiger partial charge in [0.05, 0.1) is 7.11 Å². The van der Waals surface area contributed by atoms with Crippen LogP contribution in [0.2, 0.25) is 0 Å². The van der Waals surface area contributed by atoms with Gasteiger partial charge in [0.2, 0.25) is 5.91 Å². The van der Waals surface area contributed by atoms with Gasteiger partial charge in [-0.3, -0.25) is 14.5 Å². The fourth-order valence-corrected chi connectivity index (χ4v) is 4.33. The first-order valence-electron chi connectivity index (χ1n) is 11.5. The first-order chi connectivity index (χ1) is 15.3. The monoisotopic (exact) mass is 445 g/mol. The smallest absolute Gasteiger partial charge is 0.324 e. The highest BCUT2D eigenvalue weighted by molar-refractivity contribution is 6.04. The van der Waals surface area contributed by atoms with Crippen LogP contribution in [0.1, 0.15) is 51.5 Å². The molecule has 1 aromatic rings. The van der Waals surface area contributed by atoms with Gasteiger partial charge in [-0.05, 0) is 49.3 Å². The Balaban J connectivity index is 1.63. The van der Waals surface area contributed by atoms with Crippen LogP contribution >= 0.6 is 0 Å². The van der Waals surface area contributed by atoms with Gasteiger partial charge in [0.1, 0.15) is 11.8 Å². The highest BCUT2D eigenvalue weighted by atomic mass is 16.5. The highest BCUT2D eigenvalue weighted by Gasteiger charge is 2.44. The Morgan fingerprint density at radius 2 is 1.94 bits per heavy atom. The quantitative estimate of drug-likeness (QED) is 0.540. The van der Waals surface area contributed by atoms with Gasteiger partial charge in [-0.15, -0.1) is 0 Å².